The van der Waals surface area contributed by atoms with E-state index in [0.29, 0.717) is 18.4 Å². The number of esters is 2. The normalized spacial score (nSPS) is 39.1. The second-order valence-electron chi connectivity index (χ2n) is 16.6. The largest absolute Gasteiger partial charge is 0.509 e. The highest BCUT2D eigenvalue weighted by molar-refractivity contribution is 5.84. The van der Waals surface area contributed by atoms with Crippen LogP contribution in [-0.2, 0) is 52.3 Å². The van der Waals surface area contributed by atoms with Crippen molar-refractivity contribution in [3.63, 3.8) is 0 Å². The number of nitrogens with zero attached hydrogens (tertiary/aromatic N) is 1. The monoisotopic (exact) mass is 791 g/mol. The van der Waals surface area contributed by atoms with Crippen LogP contribution in [0.2, 0.25) is 0 Å². The molecular formula is C42H65NO13. The lowest BCUT2D eigenvalue weighted by molar-refractivity contribution is -0.302. The molecule has 1 N–H and O–H groups in total. The van der Waals surface area contributed by atoms with Gasteiger partial charge in [0.2, 0.25) is 0 Å². The Balaban J connectivity index is 1.89. The van der Waals surface area contributed by atoms with Crippen molar-refractivity contribution in [2.24, 2.45) is 23.7 Å². The second kappa shape index (κ2) is 19.1. The maximum absolute atomic E-state index is 14.4. The van der Waals surface area contributed by atoms with Crippen molar-refractivity contribution < 1.29 is 62.2 Å². The molecule has 14 nitrogen and oxygen atoms in total. The van der Waals surface area contributed by atoms with Crippen LogP contribution in [0.5, 0.6) is 0 Å². The zero-order chi connectivity index (χ0) is 41.7. The van der Waals surface area contributed by atoms with E-state index < -0.39 is 95.9 Å². The van der Waals surface area contributed by atoms with Gasteiger partial charge < -0.3 is 47.9 Å². The van der Waals surface area contributed by atoms with E-state index in [1.165, 1.54) is 7.11 Å². The summed E-state index contributed by atoms with van der Waals surface area (Å²) in [7, 11) is 5.23. The number of likely N-dealkylation sites (N-methyl/N-ethyl adjacent to an activating group) is 1. The molecule has 0 spiro atoms. The average Bonchev–Trinajstić information content (AvgIpc) is 3.48. The third kappa shape index (κ3) is 9.75. The summed E-state index contributed by atoms with van der Waals surface area (Å²) in [5, 5.41) is 11.6. The Morgan fingerprint density at radius 3 is 2.25 bits per heavy atom. The molecule has 15 atom stereocenters. The molecule has 3 aliphatic heterocycles. The average molecular weight is 792 g/mol. The van der Waals surface area contributed by atoms with E-state index in [-0.39, 0.29) is 37.4 Å². The quantitative estimate of drug-likeness (QED) is 0.223. The van der Waals surface area contributed by atoms with Crippen LogP contribution >= 0.6 is 0 Å². The summed E-state index contributed by atoms with van der Waals surface area (Å²) in [5.74, 6) is -5.22. The number of aliphatic hydroxyl groups excluding tert-OH is 1. The van der Waals surface area contributed by atoms with Crippen LogP contribution < -0.4 is 0 Å². The minimum atomic E-state index is -1.51. The van der Waals surface area contributed by atoms with Crippen molar-refractivity contribution in [2.75, 3.05) is 27.8 Å². The summed E-state index contributed by atoms with van der Waals surface area (Å²) < 4.78 is 49.3. The van der Waals surface area contributed by atoms with Gasteiger partial charge >= 0.3 is 18.1 Å². The molecule has 0 unspecified atom stereocenters. The number of benzene rings is 1. The Labute approximate surface area is 332 Å². The number of carbonyl (C=O) groups is 4. The smallest absolute Gasteiger partial charge is 0.459 e. The zero-order valence-electron chi connectivity index (χ0n) is 35.2. The number of fused-ring (bicyclic) bond motifs is 1. The van der Waals surface area contributed by atoms with Crippen LogP contribution in [0.4, 0.5) is 4.79 Å². The van der Waals surface area contributed by atoms with Crippen molar-refractivity contribution >= 4 is 23.9 Å². The zero-order valence-corrected chi connectivity index (χ0v) is 35.2. The number of hydrogen-bond donors (Lipinski definition) is 1. The standard InChI is InChI=1S/C42H65NO13/c1-13-20-50-34(28-18-16-15-17-19-28)38(47)53-33-26(6)35(54-39-32(45)29(43(10)11)21-24(4)51-39)41(8,49-12)22-23(3)31(44)25(5)36-42(9,56-40(48)55-36)30(14-2)52-37(46)27(33)7/h15-19,23-27,29-30,32-36,39,45H,13-14,20-22H2,1-12H3/t23-,24-,25+,26+,27-,29+,30-,32-,33-,34+,35-,36-,39+,41+,42-/m1/s1. The first-order valence-electron chi connectivity index (χ1n) is 20.0. The summed E-state index contributed by atoms with van der Waals surface area (Å²) in [6.07, 6.45) is -7.49. The molecule has 316 valence electrons. The molecule has 3 fully saturated rings. The molecule has 0 amide bonds. The molecule has 4 rings (SSSR count). The number of ketones is 1. The van der Waals surface area contributed by atoms with Crippen LogP contribution in [0, 0.1) is 23.7 Å². The van der Waals surface area contributed by atoms with Crippen LogP contribution in [0.15, 0.2) is 30.3 Å². The molecule has 0 aliphatic carbocycles. The molecule has 56 heavy (non-hydrogen) atoms. The highest BCUT2D eigenvalue weighted by atomic mass is 16.8. The van der Waals surface area contributed by atoms with Gasteiger partial charge in [-0.1, -0.05) is 65.0 Å². The lowest BCUT2D eigenvalue weighted by Crippen LogP contribution is -2.60. The minimum absolute atomic E-state index is 0.0956. The van der Waals surface area contributed by atoms with Crippen molar-refractivity contribution in [3.8, 4) is 0 Å². The summed E-state index contributed by atoms with van der Waals surface area (Å²) in [4.78, 5) is 57.7. The Bertz CT molecular complexity index is 1490. The van der Waals surface area contributed by atoms with Gasteiger partial charge in [0.15, 0.2) is 24.1 Å². The second-order valence-corrected chi connectivity index (χ2v) is 16.6. The summed E-state index contributed by atoms with van der Waals surface area (Å²) in [5.41, 5.74) is -2.24. The number of ether oxygens (including phenoxy) is 8. The molecule has 1 aromatic rings. The van der Waals surface area contributed by atoms with Gasteiger partial charge in [-0.3, -0.25) is 9.59 Å². The SMILES string of the molecule is CCCO[C@H](C(=O)O[C@@H]1[C@H](C)[C@@H](O[C@@H]2O[C@H](C)C[C@H](N(C)C)[C@H]2O)[C@@](C)(OC)C[C@@H](C)C(=O)[C@H](C)[C@H]2OC(=O)O[C@]2(C)[C@@H](CC)OC(=O)[C@@H]1C)c1ccccc1. The predicted molar refractivity (Wildman–Crippen MR) is 204 cm³/mol. The van der Waals surface area contributed by atoms with Crippen molar-refractivity contribution in [2.45, 2.75) is 154 Å². The number of hydrogen-bond acceptors (Lipinski definition) is 14. The van der Waals surface area contributed by atoms with E-state index in [0.717, 1.165) is 0 Å². The summed E-state index contributed by atoms with van der Waals surface area (Å²) in [6.45, 7) is 16.1. The van der Waals surface area contributed by atoms with E-state index in [4.69, 9.17) is 37.9 Å². The lowest BCUT2D eigenvalue weighted by atomic mass is 9.74. The van der Waals surface area contributed by atoms with Crippen LogP contribution in [0.3, 0.4) is 0 Å². The molecule has 3 saturated heterocycles. The van der Waals surface area contributed by atoms with Crippen LogP contribution in [0.25, 0.3) is 0 Å². The molecule has 0 saturated carbocycles. The van der Waals surface area contributed by atoms with Crippen molar-refractivity contribution in [1.82, 2.24) is 4.90 Å². The lowest BCUT2D eigenvalue weighted by Gasteiger charge is -2.48. The van der Waals surface area contributed by atoms with Gasteiger partial charge in [0.05, 0.1) is 29.6 Å². The fourth-order valence-electron chi connectivity index (χ4n) is 8.76. The molecular weight excluding hydrogens is 726 g/mol. The maximum atomic E-state index is 14.4. The maximum Gasteiger partial charge on any atom is 0.509 e. The predicted octanol–water partition coefficient (Wildman–Crippen LogP) is 5.42. The third-order valence-corrected chi connectivity index (χ3v) is 12.0. The Morgan fingerprint density at radius 2 is 1.66 bits per heavy atom. The highest BCUT2D eigenvalue weighted by Crippen LogP contribution is 2.43. The number of methoxy groups -OCH3 is 1. The number of carbonyl (C=O) groups excluding carboxylic acids is 4. The molecule has 3 heterocycles. The first-order valence-corrected chi connectivity index (χ1v) is 20.0. The molecule has 3 aliphatic rings. The number of cyclic esters (lactones) is 1. The topological polar surface area (TPSA) is 166 Å². The van der Waals surface area contributed by atoms with E-state index in [1.807, 2.05) is 38.9 Å². The van der Waals surface area contributed by atoms with Crippen LogP contribution in [-0.4, -0.2) is 122 Å². The first kappa shape index (κ1) is 45.6. The molecule has 0 bridgehead atoms. The van der Waals surface area contributed by atoms with Crippen LogP contribution in [0.1, 0.15) is 99.7 Å². The fourth-order valence-corrected chi connectivity index (χ4v) is 8.76. The molecule has 14 heteroatoms. The van der Waals surface area contributed by atoms with Crippen molar-refractivity contribution in [3.05, 3.63) is 35.9 Å². The summed E-state index contributed by atoms with van der Waals surface area (Å²) >= 11 is 0. The van der Waals surface area contributed by atoms with Gasteiger partial charge in [0.25, 0.3) is 0 Å². The Hall–Kier alpha value is -3.14. The van der Waals surface area contributed by atoms with E-state index in [1.54, 1.807) is 72.7 Å². The van der Waals surface area contributed by atoms with Crippen molar-refractivity contribution in [1.29, 1.82) is 0 Å². The van der Waals surface area contributed by atoms with E-state index in [2.05, 4.69) is 0 Å². The highest BCUT2D eigenvalue weighted by Gasteiger charge is 2.59. The number of aliphatic hydroxyl groups is 1. The third-order valence-electron chi connectivity index (χ3n) is 12.0. The summed E-state index contributed by atoms with van der Waals surface area (Å²) in [6, 6.07) is 8.64. The van der Waals surface area contributed by atoms with E-state index >= 15 is 0 Å². The van der Waals surface area contributed by atoms with Gasteiger partial charge in [-0.2, -0.15) is 0 Å². The number of rotatable bonds is 11. The molecule has 0 aromatic heterocycles. The Kier molecular flexibility index (Phi) is 15.5. The first-order chi connectivity index (χ1) is 26.3. The van der Waals surface area contributed by atoms with E-state index in [9.17, 15) is 24.3 Å². The van der Waals surface area contributed by atoms with Gasteiger partial charge in [-0.05, 0) is 73.0 Å². The molecule has 1 aromatic carbocycles. The minimum Gasteiger partial charge on any atom is -0.459 e. The van der Waals surface area contributed by atoms with Gasteiger partial charge in [-0.25, -0.2) is 9.59 Å². The number of Topliss-reactive ketones (excluding diaryl/α,β-unsaturated/α-hetero) is 1. The molecule has 0 radical (unpaired) electrons. The van der Waals surface area contributed by atoms with Gasteiger partial charge in [0.1, 0.15) is 24.1 Å². The van der Waals surface area contributed by atoms with Gasteiger partial charge in [-0.15, -0.1) is 0 Å². The fraction of sp³-hybridized carbons (Fsp3) is 0.762. The Morgan fingerprint density at radius 1 is 1.00 bits per heavy atom. The van der Waals surface area contributed by atoms with Gasteiger partial charge in [0, 0.05) is 31.6 Å².